The maximum atomic E-state index is 12.4. The molecule has 2 N–H and O–H groups in total. The standard InChI is InChI=1S/C16H14N4O4S/c1-11(21)18-12-5-7-13(8-6-12)25(23,24)19-14-10-17-15-4-2-3-9-20(15)16(14)22/h2-10,19H,1H3,(H,18,21). The topological polar surface area (TPSA) is 110 Å². The van der Waals surface area contributed by atoms with E-state index < -0.39 is 15.6 Å². The molecule has 0 aliphatic rings. The van der Waals surface area contributed by atoms with Crippen molar-refractivity contribution in [2.45, 2.75) is 11.8 Å². The highest BCUT2D eigenvalue weighted by Gasteiger charge is 2.17. The molecule has 1 aromatic carbocycles. The predicted molar refractivity (Wildman–Crippen MR) is 93.0 cm³/mol. The Morgan fingerprint density at radius 3 is 2.52 bits per heavy atom. The van der Waals surface area contributed by atoms with Crippen molar-refractivity contribution in [1.82, 2.24) is 9.38 Å². The molecule has 0 spiro atoms. The number of carbonyl (C=O) groups is 1. The molecule has 0 atom stereocenters. The van der Waals surface area contributed by atoms with E-state index in [0.717, 1.165) is 0 Å². The third-order valence-electron chi connectivity index (χ3n) is 3.34. The zero-order valence-electron chi connectivity index (χ0n) is 13.1. The zero-order chi connectivity index (χ0) is 18.0. The molecule has 0 bridgehead atoms. The second-order valence-corrected chi connectivity index (χ2v) is 6.90. The SMILES string of the molecule is CC(=O)Nc1ccc(S(=O)(=O)Nc2cnc3ccccn3c2=O)cc1. The van der Waals surface area contributed by atoms with E-state index in [4.69, 9.17) is 0 Å². The van der Waals surface area contributed by atoms with Crippen molar-refractivity contribution < 1.29 is 13.2 Å². The van der Waals surface area contributed by atoms with Crippen molar-refractivity contribution >= 4 is 33.0 Å². The van der Waals surface area contributed by atoms with Crippen LogP contribution in [0.4, 0.5) is 11.4 Å². The van der Waals surface area contributed by atoms with Gasteiger partial charge < -0.3 is 5.32 Å². The fourth-order valence-corrected chi connectivity index (χ4v) is 3.26. The Kier molecular flexibility index (Phi) is 4.24. The number of hydrogen-bond donors (Lipinski definition) is 2. The number of nitrogens with one attached hydrogen (secondary N) is 2. The Bertz CT molecular complexity index is 1100. The van der Waals surface area contributed by atoms with Crippen molar-refractivity contribution in [2.75, 3.05) is 10.0 Å². The lowest BCUT2D eigenvalue weighted by molar-refractivity contribution is -0.114. The lowest BCUT2D eigenvalue weighted by atomic mass is 10.3. The van der Waals surface area contributed by atoms with Crippen molar-refractivity contribution in [3.8, 4) is 0 Å². The van der Waals surface area contributed by atoms with Gasteiger partial charge in [-0.15, -0.1) is 0 Å². The number of rotatable bonds is 4. The lowest BCUT2D eigenvalue weighted by Crippen LogP contribution is -2.23. The molecule has 8 nitrogen and oxygen atoms in total. The van der Waals surface area contributed by atoms with Crippen LogP contribution in [0.5, 0.6) is 0 Å². The first-order chi connectivity index (χ1) is 11.9. The Morgan fingerprint density at radius 2 is 1.84 bits per heavy atom. The molecule has 0 saturated heterocycles. The van der Waals surface area contributed by atoms with Gasteiger partial charge in [0.25, 0.3) is 15.6 Å². The molecule has 0 aliphatic heterocycles. The molecule has 25 heavy (non-hydrogen) atoms. The molecule has 3 rings (SSSR count). The number of sulfonamides is 1. The monoisotopic (exact) mass is 358 g/mol. The highest BCUT2D eigenvalue weighted by Crippen LogP contribution is 2.16. The van der Waals surface area contributed by atoms with Gasteiger partial charge in [0.2, 0.25) is 5.91 Å². The summed E-state index contributed by atoms with van der Waals surface area (Å²) < 4.78 is 28.4. The number of aromatic nitrogens is 2. The Hall–Kier alpha value is -3.20. The van der Waals surface area contributed by atoms with Crippen molar-refractivity contribution in [3.05, 3.63) is 65.2 Å². The fraction of sp³-hybridized carbons (Fsp3) is 0.0625. The van der Waals surface area contributed by atoms with Crippen LogP contribution in [0.1, 0.15) is 6.92 Å². The van der Waals surface area contributed by atoms with Gasteiger partial charge in [-0.3, -0.25) is 18.7 Å². The van der Waals surface area contributed by atoms with Crippen LogP contribution in [0.3, 0.4) is 0 Å². The molecule has 9 heteroatoms. The van der Waals surface area contributed by atoms with E-state index in [0.29, 0.717) is 11.3 Å². The number of fused-ring (bicyclic) bond motifs is 1. The number of hydrogen-bond acceptors (Lipinski definition) is 5. The normalized spacial score (nSPS) is 11.2. The molecule has 2 heterocycles. The molecule has 0 unspecified atom stereocenters. The lowest BCUT2D eigenvalue weighted by Gasteiger charge is -2.09. The van der Waals surface area contributed by atoms with Crippen LogP contribution in [-0.4, -0.2) is 23.7 Å². The highest BCUT2D eigenvalue weighted by atomic mass is 32.2. The first-order valence-corrected chi connectivity index (χ1v) is 8.72. The van der Waals surface area contributed by atoms with Crippen LogP contribution in [0.25, 0.3) is 5.65 Å². The molecule has 128 valence electrons. The third-order valence-corrected chi connectivity index (χ3v) is 4.72. The molecular formula is C16H14N4O4S. The number of anilines is 2. The molecule has 0 saturated carbocycles. The van der Waals surface area contributed by atoms with E-state index in [-0.39, 0.29) is 16.5 Å². The summed E-state index contributed by atoms with van der Waals surface area (Å²) in [6, 6.07) is 10.6. The summed E-state index contributed by atoms with van der Waals surface area (Å²) in [6.07, 6.45) is 2.69. The van der Waals surface area contributed by atoms with Crippen LogP contribution in [0.2, 0.25) is 0 Å². The van der Waals surface area contributed by atoms with Gasteiger partial charge in [-0.25, -0.2) is 13.4 Å². The number of nitrogens with zero attached hydrogens (tertiary/aromatic N) is 2. The van der Waals surface area contributed by atoms with Gasteiger partial charge in [-0.05, 0) is 36.4 Å². The van der Waals surface area contributed by atoms with E-state index in [1.54, 1.807) is 18.2 Å². The van der Waals surface area contributed by atoms with Gasteiger partial charge in [0.15, 0.2) is 0 Å². The predicted octanol–water partition coefficient (Wildman–Crippen LogP) is 1.45. The molecule has 2 aromatic heterocycles. The Labute approximate surface area is 143 Å². The van der Waals surface area contributed by atoms with Crippen LogP contribution in [-0.2, 0) is 14.8 Å². The minimum Gasteiger partial charge on any atom is -0.326 e. The van der Waals surface area contributed by atoms with Crippen LogP contribution >= 0.6 is 0 Å². The van der Waals surface area contributed by atoms with E-state index in [1.165, 1.54) is 48.0 Å². The van der Waals surface area contributed by atoms with Crippen LogP contribution in [0, 0.1) is 0 Å². The van der Waals surface area contributed by atoms with Gasteiger partial charge in [0.05, 0.1) is 11.1 Å². The first-order valence-electron chi connectivity index (χ1n) is 7.24. The second kappa shape index (κ2) is 6.36. The van der Waals surface area contributed by atoms with E-state index in [1.807, 2.05) is 0 Å². The average molecular weight is 358 g/mol. The van der Waals surface area contributed by atoms with Gasteiger partial charge >= 0.3 is 0 Å². The summed E-state index contributed by atoms with van der Waals surface area (Å²) in [7, 11) is -3.97. The van der Waals surface area contributed by atoms with Gasteiger partial charge in [-0.1, -0.05) is 6.07 Å². The van der Waals surface area contributed by atoms with Gasteiger partial charge in [0.1, 0.15) is 11.3 Å². The fourth-order valence-electron chi connectivity index (χ4n) is 2.22. The van der Waals surface area contributed by atoms with Gasteiger partial charge in [-0.2, -0.15) is 0 Å². The van der Waals surface area contributed by atoms with Crippen molar-refractivity contribution in [3.63, 3.8) is 0 Å². The molecule has 1 amide bonds. The van der Waals surface area contributed by atoms with E-state index >= 15 is 0 Å². The minimum absolute atomic E-state index is 0.0424. The van der Waals surface area contributed by atoms with Crippen molar-refractivity contribution in [1.29, 1.82) is 0 Å². The zero-order valence-corrected chi connectivity index (χ0v) is 13.9. The summed E-state index contributed by atoms with van der Waals surface area (Å²) in [5.74, 6) is -0.260. The number of carbonyl (C=O) groups excluding carboxylic acids is 1. The van der Waals surface area contributed by atoms with Crippen LogP contribution in [0.15, 0.2) is 64.5 Å². The second-order valence-electron chi connectivity index (χ2n) is 5.22. The number of pyridine rings is 1. The van der Waals surface area contributed by atoms with Crippen molar-refractivity contribution in [2.24, 2.45) is 0 Å². The third kappa shape index (κ3) is 3.50. The van der Waals surface area contributed by atoms with Crippen LogP contribution < -0.4 is 15.6 Å². The largest absolute Gasteiger partial charge is 0.326 e. The molecule has 0 aliphatic carbocycles. The first kappa shape index (κ1) is 16.7. The van der Waals surface area contributed by atoms with E-state index in [9.17, 15) is 18.0 Å². The summed E-state index contributed by atoms with van der Waals surface area (Å²) >= 11 is 0. The maximum absolute atomic E-state index is 12.4. The molecular weight excluding hydrogens is 344 g/mol. The quantitative estimate of drug-likeness (QED) is 0.734. The molecule has 0 radical (unpaired) electrons. The number of amides is 1. The summed E-state index contributed by atoms with van der Waals surface area (Å²) in [5.41, 5.74) is 0.202. The summed E-state index contributed by atoms with van der Waals surface area (Å²) in [5, 5.41) is 2.54. The van der Waals surface area contributed by atoms with E-state index in [2.05, 4.69) is 15.0 Å². The Morgan fingerprint density at radius 1 is 1.12 bits per heavy atom. The smallest absolute Gasteiger partial charge is 0.282 e. The average Bonchev–Trinajstić information content (AvgIpc) is 2.57. The summed E-state index contributed by atoms with van der Waals surface area (Å²) in [4.78, 5) is 27.4. The maximum Gasteiger partial charge on any atom is 0.282 e. The van der Waals surface area contributed by atoms with Gasteiger partial charge in [0, 0.05) is 18.8 Å². The molecule has 3 aromatic rings. The highest BCUT2D eigenvalue weighted by molar-refractivity contribution is 7.92. The Balaban J connectivity index is 1.92. The summed E-state index contributed by atoms with van der Waals surface area (Å²) in [6.45, 7) is 1.35. The molecule has 0 fully saturated rings. The number of benzene rings is 1. The minimum atomic E-state index is -3.97.